The van der Waals surface area contributed by atoms with Gasteiger partial charge in [-0.25, -0.2) is 4.98 Å². The van der Waals surface area contributed by atoms with Gasteiger partial charge >= 0.3 is 0 Å². The molecule has 19 heavy (non-hydrogen) atoms. The number of nitrogens with zero attached hydrogens (tertiary/aromatic N) is 2. The molecule has 0 radical (unpaired) electrons. The van der Waals surface area contributed by atoms with Gasteiger partial charge in [-0.3, -0.25) is 4.98 Å². The summed E-state index contributed by atoms with van der Waals surface area (Å²) in [7, 11) is 0. The Morgan fingerprint density at radius 3 is 3.05 bits per heavy atom. The first-order valence-corrected chi connectivity index (χ1v) is 7.06. The van der Waals surface area contributed by atoms with Crippen LogP contribution in [0.1, 0.15) is 18.4 Å². The molecule has 0 amide bonds. The third-order valence-electron chi connectivity index (χ3n) is 2.90. The highest BCUT2D eigenvalue weighted by molar-refractivity contribution is 9.10. The van der Waals surface area contributed by atoms with Crippen molar-refractivity contribution in [2.24, 2.45) is 0 Å². The molecular formula is C14H14BrN3O. The molecule has 5 heteroatoms. The van der Waals surface area contributed by atoms with Crippen molar-refractivity contribution in [3.63, 3.8) is 0 Å². The maximum Gasteiger partial charge on any atom is 0.223 e. The topological polar surface area (TPSA) is 47.0 Å². The monoisotopic (exact) mass is 319 g/mol. The van der Waals surface area contributed by atoms with Crippen LogP contribution in [0.3, 0.4) is 0 Å². The van der Waals surface area contributed by atoms with Crippen molar-refractivity contribution in [1.82, 2.24) is 15.3 Å². The van der Waals surface area contributed by atoms with Crippen molar-refractivity contribution in [3.05, 3.63) is 46.8 Å². The number of hydrogen-bond donors (Lipinski definition) is 1. The van der Waals surface area contributed by atoms with Gasteiger partial charge in [0.25, 0.3) is 0 Å². The average molecular weight is 320 g/mol. The van der Waals surface area contributed by atoms with E-state index in [-0.39, 0.29) is 0 Å². The average Bonchev–Trinajstić information content (AvgIpc) is 3.22. The molecule has 2 aromatic heterocycles. The van der Waals surface area contributed by atoms with Crippen molar-refractivity contribution in [3.8, 4) is 11.6 Å². The van der Waals surface area contributed by atoms with E-state index < -0.39 is 0 Å². The Morgan fingerprint density at radius 2 is 2.26 bits per heavy atom. The van der Waals surface area contributed by atoms with Gasteiger partial charge in [0, 0.05) is 35.0 Å². The summed E-state index contributed by atoms with van der Waals surface area (Å²) in [5.41, 5.74) is 1.06. The van der Waals surface area contributed by atoms with E-state index in [1.165, 1.54) is 12.8 Å². The van der Waals surface area contributed by atoms with E-state index in [1.54, 1.807) is 18.6 Å². The minimum atomic E-state index is 0.635. The predicted molar refractivity (Wildman–Crippen MR) is 76.1 cm³/mol. The van der Waals surface area contributed by atoms with E-state index in [9.17, 15) is 0 Å². The van der Waals surface area contributed by atoms with Gasteiger partial charge in [-0.1, -0.05) is 6.07 Å². The predicted octanol–water partition coefficient (Wildman–Crippen LogP) is 3.28. The SMILES string of the molecule is Brc1cncc(Oc2ncccc2CNC2CC2)c1. The molecule has 1 saturated carbocycles. The summed E-state index contributed by atoms with van der Waals surface area (Å²) < 4.78 is 6.69. The van der Waals surface area contributed by atoms with Gasteiger partial charge in [-0.2, -0.15) is 0 Å². The quantitative estimate of drug-likeness (QED) is 0.918. The maximum absolute atomic E-state index is 5.80. The number of nitrogens with one attached hydrogen (secondary N) is 1. The minimum absolute atomic E-state index is 0.635. The van der Waals surface area contributed by atoms with E-state index in [2.05, 4.69) is 31.2 Å². The van der Waals surface area contributed by atoms with Crippen molar-refractivity contribution < 1.29 is 4.74 Å². The summed E-state index contributed by atoms with van der Waals surface area (Å²) in [6, 6.07) is 6.50. The van der Waals surface area contributed by atoms with Crippen LogP contribution in [0.25, 0.3) is 0 Å². The molecular weight excluding hydrogens is 306 g/mol. The van der Waals surface area contributed by atoms with Crippen LogP contribution < -0.4 is 10.1 Å². The van der Waals surface area contributed by atoms with Crippen LogP contribution in [0.15, 0.2) is 41.3 Å². The molecule has 0 unspecified atom stereocenters. The van der Waals surface area contributed by atoms with Gasteiger partial charge in [-0.15, -0.1) is 0 Å². The number of hydrogen-bond acceptors (Lipinski definition) is 4. The molecule has 1 aliphatic carbocycles. The normalized spacial score (nSPS) is 14.4. The van der Waals surface area contributed by atoms with Crippen LogP contribution in [0, 0.1) is 0 Å². The van der Waals surface area contributed by atoms with Crippen molar-refractivity contribution in [2.75, 3.05) is 0 Å². The highest BCUT2D eigenvalue weighted by Gasteiger charge is 2.20. The summed E-state index contributed by atoms with van der Waals surface area (Å²) in [5.74, 6) is 1.32. The molecule has 0 saturated heterocycles. The van der Waals surface area contributed by atoms with E-state index in [0.717, 1.165) is 16.6 Å². The van der Waals surface area contributed by atoms with Gasteiger partial charge < -0.3 is 10.1 Å². The zero-order valence-electron chi connectivity index (χ0n) is 10.3. The zero-order valence-corrected chi connectivity index (χ0v) is 11.9. The second-order valence-electron chi connectivity index (χ2n) is 4.56. The zero-order chi connectivity index (χ0) is 13.1. The maximum atomic E-state index is 5.80. The van der Waals surface area contributed by atoms with Crippen LogP contribution in [-0.4, -0.2) is 16.0 Å². The molecule has 1 aliphatic rings. The molecule has 3 rings (SSSR count). The lowest BCUT2D eigenvalue weighted by atomic mass is 10.2. The Bertz CT molecular complexity index is 572. The standard InChI is InChI=1S/C14H14BrN3O/c15-11-6-13(9-16-8-11)19-14-10(2-1-5-17-14)7-18-12-3-4-12/h1-2,5-6,8-9,12,18H,3-4,7H2. The summed E-state index contributed by atoms with van der Waals surface area (Å²) in [6.45, 7) is 0.787. The summed E-state index contributed by atoms with van der Waals surface area (Å²) >= 11 is 3.38. The smallest absolute Gasteiger partial charge is 0.223 e. The Labute approximate surface area is 120 Å². The molecule has 0 spiro atoms. The fourth-order valence-corrected chi connectivity index (χ4v) is 2.10. The lowest BCUT2D eigenvalue weighted by molar-refractivity contribution is 0.450. The fourth-order valence-electron chi connectivity index (χ4n) is 1.75. The Hall–Kier alpha value is -1.46. The van der Waals surface area contributed by atoms with Crippen LogP contribution in [0.4, 0.5) is 0 Å². The molecule has 2 heterocycles. The van der Waals surface area contributed by atoms with Crippen molar-refractivity contribution in [1.29, 1.82) is 0 Å². The largest absolute Gasteiger partial charge is 0.437 e. The summed E-state index contributed by atoms with van der Waals surface area (Å²) in [6.07, 6.45) is 7.68. The fraction of sp³-hybridized carbons (Fsp3) is 0.286. The highest BCUT2D eigenvalue weighted by atomic mass is 79.9. The second-order valence-corrected chi connectivity index (χ2v) is 5.48. The van der Waals surface area contributed by atoms with Crippen LogP contribution in [0.2, 0.25) is 0 Å². The van der Waals surface area contributed by atoms with E-state index in [0.29, 0.717) is 17.7 Å². The third-order valence-corrected chi connectivity index (χ3v) is 3.34. The van der Waals surface area contributed by atoms with Gasteiger partial charge in [0.1, 0.15) is 5.75 Å². The van der Waals surface area contributed by atoms with E-state index >= 15 is 0 Å². The molecule has 2 aromatic rings. The van der Waals surface area contributed by atoms with Crippen molar-refractivity contribution >= 4 is 15.9 Å². The minimum Gasteiger partial charge on any atom is -0.437 e. The number of rotatable bonds is 5. The molecule has 0 atom stereocenters. The van der Waals surface area contributed by atoms with Crippen LogP contribution >= 0.6 is 15.9 Å². The molecule has 0 aliphatic heterocycles. The van der Waals surface area contributed by atoms with Crippen molar-refractivity contribution in [2.45, 2.75) is 25.4 Å². The number of halogens is 1. The summed E-state index contributed by atoms with van der Waals surface area (Å²) in [4.78, 5) is 8.38. The third kappa shape index (κ3) is 3.52. The molecule has 1 fully saturated rings. The number of pyridine rings is 2. The number of aromatic nitrogens is 2. The molecule has 1 N–H and O–H groups in total. The molecule has 0 aromatic carbocycles. The highest BCUT2D eigenvalue weighted by Crippen LogP contribution is 2.25. The Kier molecular flexibility index (Phi) is 3.75. The molecule has 98 valence electrons. The number of ether oxygens (including phenoxy) is 1. The summed E-state index contributed by atoms with van der Waals surface area (Å²) in [5, 5.41) is 3.47. The van der Waals surface area contributed by atoms with Crippen LogP contribution in [-0.2, 0) is 6.54 Å². The van der Waals surface area contributed by atoms with Gasteiger partial charge in [-0.05, 0) is 40.9 Å². The lowest BCUT2D eigenvalue weighted by Crippen LogP contribution is -2.16. The first-order chi connectivity index (χ1) is 9.31. The lowest BCUT2D eigenvalue weighted by Gasteiger charge is -2.10. The van der Waals surface area contributed by atoms with E-state index in [1.807, 2.05) is 18.2 Å². The Morgan fingerprint density at radius 1 is 1.37 bits per heavy atom. The molecule has 4 nitrogen and oxygen atoms in total. The van der Waals surface area contributed by atoms with E-state index in [4.69, 9.17) is 4.74 Å². The van der Waals surface area contributed by atoms with Gasteiger partial charge in [0.05, 0.1) is 6.20 Å². The first-order valence-electron chi connectivity index (χ1n) is 6.27. The molecule has 0 bridgehead atoms. The second kappa shape index (κ2) is 5.67. The van der Waals surface area contributed by atoms with Crippen LogP contribution in [0.5, 0.6) is 11.6 Å². The Balaban J connectivity index is 1.75. The van der Waals surface area contributed by atoms with Gasteiger partial charge in [0.15, 0.2) is 0 Å². The van der Waals surface area contributed by atoms with Gasteiger partial charge in [0.2, 0.25) is 5.88 Å². The first kappa shape index (κ1) is 12.6.